The number of fused-ring (bicyclic) bond motifs is 1. The number of thiophene rings is 1. The van der Waals surface area contributed by atoms with Gasteiger partial charge in [-0.25, -0.2) is 4.98 Å². The first-order valence-electron chi connectivity index (χ1n) is 7.72. The summed E-state index contributed by atoms with van der Waals surface area (Å²) in [6.45, 7) is 7.55. The third-order valence-electron chi connectivity index (χ3n) is 4.05. The van der Waals surface area contributed by atoms with Crippen molar-refractivity contribution in [2.45, 2.75) is 33.7 Å². The summed E-state index contributed by atoms with van der Waals surface area (Å²) < 4.78 is 1.38. The molecule has 2 heterocycles. The number of anilines is 1. The second kappa shape index (κ2) is 6.20. The molecule has 0 fully saturated rings. The normalized spacial score (nSPS) is 12.3. The minimum absolute atomic E-state index is 0.187. The lowest BCUT2D eigenvalue weighted by atomic mass is 10.1. The summed E-state index contributed by atoms with van der Waals surface area (Å²) in [5, 5.41) is 3.47. The molecule has 0 bridgehead atoms. The number of nitrogens with zero attached hydrogens (tertiary/aromatic N) is 2. The summed E-state index contributed by atoms with van der Waals surface area (Å²) in [5.74, 6) is -0.237. The Morgan fingerprint density at radius 3 is 2.75 bits per heavy atom. The Morgan fingerprint density at radius 1 is 1.25 bits per heavy atom. The number of carbonyl (C=O) groups is 1. The van der Waals surface area contributed by atoms with Gasteiger partial charge < -0.3 is 5.32 Å². The summed E-state index contributed by atoms with van der Waals surface area (Å²) in [6.07, 6.45) is 1.45. The van der Waals surface area contributed by atoms with Crippen molar-refractivity contribution < 1.29 is 4.79 Å². The SMILES string of the molecule is Cc1ccc(C)c(NC(=O)C(C)n2cnc3sc(C)cc3c2=O)c1. The molecular formula is C18H19N3O2S. The van der Waals surface area contributed by atoms with Crippen molar-refractivity contribution in [2.24, 2.45) is 0 Å². The molecule has 1 N–H and O–H groups in total. The molecule has 3 rings (SSSR count). The highest BCUT2D eigenvalue weighted by atomic mass is 32.1. The van der Waals surface area contributed by atoms with Crippen LogP contribution in [0.15, 0.2) is 35.4 Å². The molecule has 5 nitrogen and oxygen atoms in total. The van der Waals surface area contributed by atoms with Crippen LogP contribution in [0.5, 0.6) is 0 Å². The molecule has 0 aliphatic rings. The van der Waals surface area contributed by atoms with E-state index in [1.54, 1.807) is 6.92 Å². The van der Waals surface area contributed by atoms with Crippen molar-refractivity contribution in [3.8, 4) is 0 Å². The molecule has 0 aliphatic heterocycles. The molecule has 0 saturated heterocycles. The molecule has 124 valence electrons. The van der Waals surface area contributed by atoms with E-state index in [1.165, 1.54) is 22.2 Å². The van der Waals surface area contributed by atoms with Crippen molar-refractivity contribution in [1.82, 2.24) is 9.55 Å². The van der Waals surface area contributed by atoms with Crippen LogP contribution in [0, 0.1) is 20.8 Å². The van der Waals surface area contributed by atoms with Crippen molar-refractivity contribution in [3.63, 3.8) is 0 Å². The van der Waals surface area contributed by atoms with Crippen LogP contribution in [-0.4, -0.2) is 15.5 Å². The second-order valence-electron chi connectivity index (χ2n) is 6.02. The van der Waals surface area contributed by atoms with Crippen LogP contribution in [0.1, 0.15) is 29.0 Å². The lowest BCUT2D eigenvalue weighted by Gasteiger charge is -2.16. The van der Waals surface area contributed by atoms with Gasteiger partial charge in [0, 0.05) is 10.6 Å². The number of rotatable bonds is 3. The maximum absolute atomic E-state index is 12.6. The number of aryl methyl sites for hydroxylation is 3. The first kappa shape index (κ1) is 16.4. The minimum Gasteiger partial charge on any atom is -0.324 e. The number of carbonyl (C=O) groups excluding carboxylic acids is 1. The molecule has 2 aromatic heterocycles. The Kier molecular flexibility index (Phi) is 4.24. The molecule has 1 unspecified atom stereocenters. The summed E-state index contributed by atoms with van der Waals surface area (Å²) in [5.41, 5.74) is 2.63. The number of aromatic nitrogens is 2. The van der Waals surface area contributed by atoms with Gasteiger partial charge in [0.05, 0.1) is 11.7 Å². The van der Waals surface area contributed by atoms with Gasteiger partial charge in [-0.2, -0.15) is 0 Å². The van der Waals surface area contributed by atoms with Gasteiger partial charge >= 0.3 is 0 Å². The van der Waals surface area contributed by atoms with E-state index in [4.69, 9.17) is 0 Å². The highest BCUT2D eigenvalue weighted by Crippen LogP contribution is 2.21. The van der Waals surface area contributed by atoms with E-state index in [2.05, 4.69) is 10.3 Å². The van der Waals surface area contributed by atoms with E-state index >= 15 is 0 Å². The highest BCUT2D eigenvalue weighted by molar-refractivity contribution is 7.18. The summed E-state index contributed by atoms with van der Waals surface area (Å²) >= 11 is 1.48. The predicted molar refractivity (Wildman–Crippen MR) is 97.9 cm³/mol. The fourth-order valence-electron chi connectivity index (χ4n) is 2.57. The number of hydrogen-bond donors (Lipinski definition) is 1. The molecule has 24 heavy (non-hydrogen) atoms. The summed E-state index contributed by atoms with van der Waals surface area (Å²) in [7, 11) is 0. The lowest BCUT2D eigenvalue weighted by molar-refractivity contribution is -0.118. The van der Waals surface area contributed by atoms with E-state index in [0.29, 0.717) is 10.2 Å². The van der Waals surface area contributed by atoms with E-state index < -0.39 is 6.04 Å². The van der Waals surface area contributed by atoms with E-state index in [-0.39, 0.29) is 11.5 Å². The average molecular weight is 341 g/mol. The van der Waals surface area contributed by atoms with Gasteiger partial charge in [-0.05, 0) is 51.0 Å². The number of amides is 1. The van der Waals surface area contributed by atoms with Crippen LogP contribution < -0.4 is 10.9 Å². The topological polar surface area (TPSA) is 64.0 Å². The van der Waals surface area contributed by atoms with Crippen LogP contribution in [0.3, 0.4) is 0 Å². The molecule has 0 saturated carbocycles. The first-order chi connectivity index (χ1) is 11.4. The molecule has 3 aromatic rings. The zero-order valence-electron chi connectivity index (χ0n) is 14.1. The van der Waals surface area contributed by atoms with Gasteiger partial charge in [0.1, 0.15) is 10.9 Å². The fraction of sp³-hybridized carbons (Fsp3) is 0.278. The van der Waals surface area contributed by atoms with Crippen LogP contribution in [0.25, 0.3) is 10.2 Å². The lowest BCUT2D eigenvalue weighted by Crippen LogP contribution is -2.31. The van der Waals surface area contributed by atoms with Gasteiger partial charge in [-0.15, -0.1) is 11.3 Å². The maximum Gasteiger partial charge on any atom is 0.262 e. The zero-order chi connectivity index (χ0) is 17.4. The number of hydrogen-bond acceptors (Lipinski definition) is 4. The molecule has 1 amide bonds. The van der Waals surface area contributed by atoms with E-state index in [1.807, 2.05) is 45.0 Å². The molecular weight excluding hydrogens is 322 g/mol. The Balaban J connectivity index is 1.92. The molecule has 1 atom stereocenters. The van der Waals surface area contributed by atoms with Crippen molar-refractivity contribution >= 4 is 33.1 Å². The minimum atomic E-state index is -0.644. The molecule has 6 heteroatoms. The summed E-state index contributed by atoms with van der Waals surface area (Å²) in [6, 6.07) is 7.06. The maximum atomic E-state index is 12.6. The van der Waals surface area contributed by atoms with Crippen molar-refractivity contribution in [3.05, 3.63) is 57.0 Å². The van der Waals surface area contributed by atoms with Gasteiger partial charge in [-0.1, -0.05) is 12.1 Å². The molecule has 1 aromatic carbocycles. The molecule has 0 spiro atoms. The Hall–Kier alpha value is -2.47. The Labute approximate surface area is 144 Å². The summed E-state index contributed by atoms with van der Waals surface area (Å²) in [4.78, 5) is 31.2. The average Bonchev–Trinajstić information content (AvgIpc) is 2.92. The first-order valence-corrected chi connectivity index (χ1v) is 8.54. The monoisotopic (exact) mass is 341 g/mol. The van der Waals surface area contributed by atoms with Crippen molar-refractivity contribution in [1.29, 1.82) is 0 Å². The van der Waals surface area contributed by atoms with Crippen molar-refractivity contribution in [2.75, 3.05) is 5.32 Å². The van der Waals surface area contributed by atoms with E-state index in [0.717, 1.165) is 21.7 Å². The van der Waals surface area contributed by atoms with Crippen LogP contribution >= 0.6 is 11.3 Å². The third-order valence-corrected chi connectivity index (χ3v) is 5.01. The third kappa shape index (κ3) is 2.97. The second-order valence-corrected chi connectivity index (χ2v) is 7.25. The molecule has 0 radical (unpaired) electrons. The quantitative estimate of drug-likeness (QED) is 0.792. The fourth-order valence-corrected chi connectivity index (χ4v) is 3.40. The zero-order valence-corrected chi connectivity index (χ0v) is 14.9. The largest absolute Gasteiger partial charge is 0.324 e. The highest BCUT2D eigenvalue weighted by Gasteiger charge is 2.19. The standard InChI is InChI=1S/C18H19N3O2S/c1-10-5-6-11(2)15(7-10)20-16(22)13(4)21-9-19-17-14(18(21)23)8-12(3)24-17/h5-9,13H,1-4H3,(H,20,22). The van der Waals surface area contributed by atoms with Gasteiger partial charge in [0.25, 0.3) is 5.56 Å². The Morgan fingerprint density at radius 2 is 2.00 bits per heavy atom. The number of benzene rings is 1. The van der Waals surface area contributed by atoms with Gasteiger partial charge in [-0.3, -0.25) is 14.2 Å². The van der Waals surface area contributed by atoms with E-state index in [9.17, 15) is 9.59 Å². The van der Waals surface area contributed by atoms with Crippen LogP contribution in [0.4, 0.5) is 5.69 Å². The van der Waals surface area contributed by atoms with Crippen LogP contribution in [0.2, 0.25) is 0 Å². The molecule has 0 aliphatic carbocycles. The van der Waals surface area contributed by atoms with Crippen LogP contribution in [-0.2, 0) is 4.79 Å². The van der Waals surface area contributed by atoms with Gasteiger partial charge in [0.2, 0.25) is 5.91 Å². The van der Waals surface area contributed by atoms with Gasteiger partial charge in [0.15, 0.2) is 0 Å². The number of nitrogens with one attached hydrogen (secondary N) is 1. The smallest absolute Gasteiger partial charge is 0.262 e. The predicted octanol–water partition coefficient (Wildman–Crippen LogP) is 3.58. The Bertz CT molecular complexity index is 988.